The van der Waals surface area contributed by atoms with Crippen molar-refractivity contribution in [1.29, 1.82) is 0 Å². The number of halogens is 1. The molecule has 0 saturated carbocycles. The van der Waals surface area contributed by atoms with E-state index in [1.807, 2.05) is 50.2 Å². The molecule has 4 aromatic carbocycles. The van der Waals surface area contributed by atoms with Crippen molar-refractivity contribution in [2.45, 2.75) is 44.7 Å². The third-order valence-electron chi connectivity index (χ3n) is 7.44. The lowest BCUT2D eigenvalue weighted by Crippen LogP contribution is -2.53. The Balaban J connectivity index is 1.83. The van der Waals surface area contributed by atoms with Gasteiger partial charge in [-0.2, -0.15) is 0 Å². The summed E-state index contributed by atoms with van der Waals surface area (Å²) in [5, 5.41) is 3.19. The Bertz CT molecular complexity index is 1730. The van der Waals surface area contributed by atoms with Gasteiger partial charge in [-0.15, -0.1) is 0 Å². The van der Waals surface area contributed by atoms with Gasteiger partial charge in [0.2, 0.25) is 11.8 Å². The summed E-state index contributed by atoms with van der Waals surface area (Å²) in [6.45, 7) is 5.27. The molecule has 10 heteroatoms. The molecule has 1 atom stereocenters. The van der Waals surface area contributed by atoms with Crippen LogP contribution in [0.5, 0.6) is 5.75 Å². The Hall–Kier alpha value is -4.34. The highest BCUT2D eigenvalue weighted by Gasteiger charge is 2.35. The molecule has 0 aliphatic rings. The lowest BCUT2D eigenvalue weighted by Gasteiger charge is -2.34. The first-order chi connectivity index (χ1) is 21.5. The number of aryl methyl sites for hydroxylation is 2. The third-order valence-corrected chi connectivity index (χ3v) is 9.45. The Morgan fingerprint density at radius 3 is 2.24 bits per heavy atom. The Kier molecular flexibility index (Phi) is 11.3. The minimum Gasteiger partial charge on any atom is -0.497 e. The second-order valence-electron chi connectivity index (χ2n) is 10.7. The molecule has 45 heavy (non-hydrogen) atoms. The molecule has 236 valence electrons. The van der Waals surface area contributed by atoms with Gasteiger partial charge in [-0.25, -0.2) is 8.42 Å². The highest BCUT2D eigenvalue weighted by Crippen LogP contribution is 2.30. The van der Waals surface area contributed by atoms with Gasteiger partial charge in [-0.05, 0) is 73.9 Å². The lowest BCUT2D eigenvalue weighted by atomic mass is 10.0. The second kappa shape index (κ2) is 15.1. The monoisotopic (exact) mass is 647 g/mol. The first-order valence-corrected chi connectivity index (χ1v) is 16.4. The van der Waals surface area contributed by atoms with Crippen LogP contribution >= 0.6 is 11.6 Å². The summed E-state index contributed by atoms with van der Waals surface area (Å²) in [5.41, 5.74) is 3.36. The predicted molar refractivity (Wildman–Crippen MR) is 178 cm³/mol. The number of anilines is 1. The van der Waals surface area contributed by atoms with Crippen molar-refractivity contribution >= 4 is 39.1 Å². The first kappa shape index (κ1) is 33.6. The minimum absolute atomic E-state index is 0.0317. The van der Waals surface area contributed by atoms with Crippen molar-refractivity contribution in [3.8, 4) is 5.75 Å². The number of amides is 2. The molecule has 0 radical (unpaired) electrons. The largest absolute Gasteiger partial charge is 0.497 e. The summed E-state index contributed by atoms with van der Waals surface area (Å²) >= 11 is 6.35. The number of carbonyl (C=O) groups is 2. The molecular weight excluding hydrogens is 610 g/mol. The highest BCUT2D eigenvalue weighted by atomic mass is 35.5. The van der Waals surface area contributed by atoms with E-state index in [0.29, 0.717) is 22.9 Å². The Morgan fingerprint density at radius 1 is 0.889 bits per heavy atom. The molecule has 0 aromatic heterocycles. The van der Waals surface area contributed by atoms with E-state index in [-0.39, 0.29) is 29.5 Å². The summed E-state index contributed by atoms with van der Waals surface area (Å²) in [6, 6.07) is 27.0. The van der Waals surface area contributed by atoms with Crippen molar-refractivity contribution in [2.24, 2.45) is 0 Å². The summed E-state index contributed by atoms with van der Waals surface area (Å²) in [6.07, 6.45) is 0.225. The number of ether oxygens (including phenoxy) is 1. The van der Waals surface area contributed by atoms with Crippen LogP contribution in [0.25, 0.3) is 0 Å². The van der Waals surface area contributed by atoms with Gasteiger partial charge < -0.3 is 15.0 Å². The molecule has 0 fully saturated rings. The molecular formula is C35H38ClN3O5S. The fourth-order valence-corrected chi connectivity index (χ4v) is 6.65. The molecule has 0 aliphatic carbocycles. The zero-order valence-corrected chi connectivity index (χ0v) is 27.4. The molecule has 0 heterocycles. The number of nitrogens with one attached hydrogen (secondary N) is 1. The number of nitrogens with zero attached hydrogens (tertiary/aromatic N) is 2. The van der Waals surface area contributed by atoms with Gasteiger partial charge in [0.1, 0.15) is 18.3 Å². The first-order valence-electron chi connectivity index (χ1n) is 14.6. The van der Waals surface area contributed by atoms with Crippen molar-refractivity contribution in [1.82, 2.24) is 10.2 Å². The quantitative estimate of drug-likeness (QED) is 0.194. The smallest absolute Gasteiger partial charge is 0.264 e. The summed E-state index contributed by atoms with van der Waals surface area (Å²) in [4.78, 5) is 29.6. The molecule has 0 unspecified atom stereocenters. The van der Waals surface area contributed by atoms with E-state index >= 15 is 0 Å². The maximum absolute atomic E-state index is 14.5. The number of hydrogen-bond donors (Lipinski definition) is 1. The van der Waals surface area contributed by atoms with Gasteiger partial charge in [-0.3, -0.25) is 13.9 Å². The molecule has 4 rings (SSSR count). The van der Waals surface area contributed by atoms with Crippen LogP contribution in [-0.4, -0.2) is 51.4 Å². The number of carbonyl (C=O) groups excluding carboxylic acids is 2. The van der Waals surface area contributed by atoms with Crippen LogP contribution in [0.1, 0.15) is 29.2 Å². The summed E-state index contributed by atoms with van der Waals surface area (Å²) in [7, 11) is -2.68. The lowest BCUT2D eigenvalue weighted by molar-refractivity contribution is -0.140. The Labute approximate surface area is 270 Å². The molecule has 4 aromatic rings. The van der Waals surface area contributed by atoms with Crippen molar-refractivity contribution in [3.05, 3.63) is 124 Å². The predicted octanol–water partition coefficient (Wildman–Crippen LogP) is 5.94. The van der Waals surface area contributed by atoms with E-state index in [9.17, 15) is 18.0 Å². The van der Waals surface area contributed by atoms with Gasteiger partial charge in [0.15, 0.2) is 0 Å². The molecule has 0 aliphatic heterocycles. The average Bonchev–Trinajstić information content (AvgIpc) is 3.03. The SMILES string of the molecule is CCNC(=O)[C@H](Cc1ccccc1)N(Cc1cccc(OC)c1)C(=O)CN(c1cc(Cl)ccc1C)S(=O)(=O)c1ccc(C)cc1. The number of benzene rings is 4. The highest BCUT2D eigenvalue weighted by molar-refractivity contribution is 7.92. The standard InChI is InChI=1S/C35H38ClN3O5S/c1-5-37-35(41)33(21-27-10-7-6-8-11-27)38(23-28-12-9-13-30(20-28)44-4)34(40)24-39(32-22-29(36)17-16-26(32)3)45(42,43)31-18-14-25(2)15-19-31/h6-20,22,33H,5,21,23-24H2,1-4H3,(H,37,41)/t33-/m0/s1. The molecule has 1 N–H and O–H groups in total. The fraction of sp³-hybridized carbons (Fsp3) is 0.257. The number of rotatable bonds is 13. The van der Waals surface area contributed by atoms with Crippen LogP contribution in [0, 0.1) is 13.8 Å². The van der Waals surface area contributed by atoms with Gasteiger partial charge in [0, 0.05) is 24.5 Å². The molecule has 2 amide bonds. The van der Waals surface area contributed by atoms with Crippen molar-refractivity contribution in [3.63, 3.8) is 0 Å². The van der Waals surface area contributed by atoms with Crippen molar-refractivity contribution < 1.29 is 22.7 Å². The minimum atomic E-state index is -4.23. The van der Waals surface area contributed by atoms with Gasteiger partial charge in [0.25, 0.3) is 10.0 Å². The van der Waals surface area contributed by atoms with Gasteiger partial charge in [-0.1, -0.05) is 77.8 Å². The molecule has 0 saturated heterocycles. The van der Waals surface area contributed by atoms with Crippen LogP contribution in [0.3, 0.4) is 0 Å². The fourth-order valence-electron chi connectivity index (χ4n) is 5.02. The van der Waals surface area contributed by atoms with Crippen LogP contribution < -0.4 is 14.4 Å². The third kappa shape index (κ3) is 8.44. The van der Waals surface area contributed by atoms with Gasteiger partial charge >= 0.3 is 0 Å². The topological polar surface area (TPSA) is 96.0 Å². The normalized spacial score (nSPS) is 11.8. The zero-order chi connectivity index (χ0) is 32.6. The number of methoxy groups -OCH3 is 1. The second-order valence-corrected chi connectivity index (χ2v) is 13.0. The molecule has 0 bridgehead atoms. The Morgan fingerprint density at radius 2 is 1.58 bits per heavy atom. The maximum Gasteiger partial charge on any atom is 0.264 e. The van der Waals surface area contributed by atoms with Crippen LogP contribution in [0.2, 0.25) is 5.02 Å². The van der Waals surface area contributed by atoms with Crippen molar-refractivity contribution in [2.75, 3.05) is 24.5 Å². The maximum atomic E-state index is 14.5. The zero-order valence-electron chi connectivity index (χ0n) is 25.9. The van der Waals surface area contributed by atoms with E-state index in [4.69, 9.17) is 16.3 Å². The summed E-state index contributed by atoms with van der Waals surface area (Å²) < 4.78 is 34.9. The number of sulfonamides is 1. The van der Waals surface area contributed by atoms with E-state index in [2.05, 4.69) is 5.32 Å². The van der Waals surface area contributed by atoms with Gasteiger partial charge in [0.05, 0.1) is 17.7 Å². The van der Waals surface area contributed by atoms with Crippen LogP contribution in [-0.2, 0) is 32.6 Å². The molecule has 8 nitrogen and oxygen atoms in total. The number of hydrogen-bond acceptors (Lipinski definition) is 5. The molecule has 0 spiro atoms. The average molecular weight is 648 g/mol. The van der Waals surface area contributed by atoms with Crippen LogP contribution in [0.4, 0.5) is 5.69 Å². The van der Waals surface area contributed by atoms with Crippen LogP contribution in [0.15, 0.2) is 102 Å². The summed E-state index contributed by atoms with van der Waals surface area (Å²) in [5.74, 6) is -0.305. The van der Waals surface area contributed by atoms with E-state index in [1.54, 1.807) is 56.5 Å². The van der Waals surface area contributed by atoms with E-state index in [1.165, 1.54) is 23.1 Å². The number of likely N-dealkylation sites (N-methyl/N-ethyl adjacent to an activating group) is 1. The van der Waals surface area contributed by atoms with E-state index in [0.717, 1.165) is 21.0 Å². The van der Waals surface area contributed by atoms with E-state index < -0.39 is 28.5 Å².